The van der Waals surface area contributed by atoms with Gasteiger partial charge in [0.1, 0.15) is 5.69 Å². The molecule has 1 atom stereocenters. The second kappa shape index (κ2) is 5.31. The fourth-order valence-corrected chi connectivity index (χ4v) is 3.07. The van der Waals surface area contributed by atoms with E-state index < -0.39 is 5.97 Å². The monoisotopic (exact) mass is 276 g/mol. The Morgan fingerprint density at radius 2 is 2.10 bits per heavy atom. The Kier molecular flexibility index (Phi) is 3.51. The molecule has 3 rings (SSSR count). The molecule has 2 fully saturated rings. The molecule has 1 N–H and O–H groups in total. The SMILES string of the molecule is O=C(O)CC1CCCN(C(=O)c2cccn2C2CC2)C1. The number of aromatic nitrogens is 1. The van der Waals surface area contributed by atoms with E-state index in [1.807, 2.05) is 23.2 Å². The van der Waals surface area contributed by atoms with Gasteiger partial charge in [0.2, 0.25) is 0 Å². The Morgan fingerprint density at radius 3 is 2.80 bits per heavy atom. The van der Waals surface area contributed by atoms with Crippen LogP contribution in [0.4, 0.5) is 0 Å². The minimum Gasteiger partial charge on any atom is -0.481 e. The predicted octanol–water partition coefficient (Wildman–Crippen LogP) is 2.15. The summed E-state index contributed by atoms with van der Waals surface area (Å²) in [5, 5.41) is 8.89. The van der Waals surface area contributed by atoms with E-state index in [1.54, 1.807) is 0 Å². The third-order valence-electron chi connectivity index (χ3n) is 4.21. The molecule has 0 bridgehead atoms. The molecule has 2 heterocycles. The number of likely N-dealkylation sites (tertiary alicyclic amines) is 1. The number of aliphatic carboxylic acids is 1. The largest absolute Gasteiger partial charge is 0.481 e. The number of hydrogen-bond acceptors (Lipinski definition) is 2. The van der Waals surface area contributed by atoms with Crippen molar-refractivity contribution in [3.63, 3.8) is 0 Å². The van der Waals surface area contributed by atoms with E-state index in [0.29, 0.717) is 12.6 Å². The zero-order valence-electron chi connectivity index (χ0n) is 11.5. The molecule has 0 spiro atoms. The minimum atomic E-state index is -0.773. The molecule has 1 aromatic heterocycles. The number of nitrogens with zero attached hydrogens (tertiary/aromatic N) is 2. The Bertz CT molecular complexity index is 519. The van der Waals surface area contributed by atoms with Crippen LogP contribution in [0.3, 0.4) is 0 Å². The van der Waals surface area contributed by atoms with Crippen LogP contribution in [0.15, 0.2) is 18.3 Å². The number of carboxylic acids is 1. The lowest BCUT2D eigenvalue weighted by molar-refractivity contribution is -0.138. The number of carbonyl (C=O) groups excluding carboxylic acids is 1. The summed E-state index contributed by atoms with van der Waals surface area (Å²) in [6, 6.07) is 4.29. The fraction of sp³-hybridized carbons (Fsp3) is 0.600. The summed E-state index contributed by atoms with van der Waals surface area (Å²) in [6.07, 6.45) is 6.23. The Hall–Kier alpha value is -1.78. The number of carbonyl (C=O) groups is 2. The average molecular weight is 276 g/mol. The van der Waals surface area contributed by atoms with Crippen molar-refractivity contribution < 1.29 is 14.7 Å². The molecule has 20 heavy (non-hydrogen) atoms. The maximum atomic E-state index is 12.6. The van der Waals surface area contributed by atoms with Crippen LogP contribution >= 0.6 is 0 Å². The van der Waals surface area contributed by atoms with E-state index in [4.69, 9.17) is 5.11 Å². The summed E-state index contributed by atoms with van der Waals surface area (Å²) in [5.74, 6) is -0.628. The minimum absolute atomic E-state index is 0.0528. The van der Waals surface area contributed by atoms with Gasteiger partial charge in [-0.1, -0.05) is 0 Å². The van der Waals surface area contributed by atoms with Crippen LogP contribution in [0.2, 0.25) is 0 Å². The molecule has 108 valence electrons. The maximum Gasteiger partial charge on any atom is 0.303 e. The highest BCUT2D eigenvalue weighted by Gasteiger charge is 2.30. The highest BCUT2D eigenvalue weighted by molar-refractivity contribution is 5.93. The molecule has 1 aliphatic carbocycles. The first-order chi connectivity index (χ1) is 9.65. The number of hydrogen-bond donors (Lipinski definition) is 1. The number of rotatable bonds is 4. The van der Waals surface area contributed by atoms with Crippen molar-refractivity contribution in [1.29, 1.82) is 0 Å². The second-order valence-corrected chi connectivity index (χ2v) is 5.89. The lowest BCUT2D eigenvalue weighted by atomic mass is 9.94. The molecule has 1 aromatic rings. The zero-order valence-corrected chi connectivity index (χ0v) is 11.5. The van der Waals surface area contributed by atoms with Gasteiger partial charge in [-0.15, -0.1) is 0 Å². The topological polar surface area (TPSA) is 62.5 Å². The molecule has 1 unspecified atom stereocenters. The van der Waals surface area contributed by atoms with Gasteiger partial charge in [-0.25, -0.2) is 0 Å². The number of amides is 1. The molecule has 5 heteroatoms. The van der Waals surface area contributed by atoms with E-state index in [-0.39, 0.29) is 18.2 Å². The summed E-state index contributed by atoms with van der Waals surface area (Å²) in [5.41, 5.74) is 0.753. The van der Waals surface area contributed by atoms with Crippen LogP contribution in [-0.2, 0) is 4.79 Å². The lowest BCUT2D eigenvalue weighted by Gasteiger charge is -2.32. The van der Waals surface area contributed by atoms with Gasteiger partial charge < -0.3 is 14.6 Å². The number of carboxylic acid groups (broad SMARTS) is 1. The van der Waals surface area contributed by atoms with Crippen LogP contribution in [0, 0.1) is 5.92 Å². The van der Waals surface area contributed by atoms with Gasteiger partial charge in [0.05, 0.1) is 0 Å². The molecule has 1 saturated carbocycles. The lowest BCUT2D eigenvalue weighted by Crippen LogP contribution is -2.41. The van der Waals surface area contributed by atoms with Crippen molar-refractivity contribution in [1.82, 2.24) is 9.47 Å². The van der Waals surface area contributed by atoms with Crippen molar-refractivity contribution >= 4 is 11.9 Å². The summed E-state index contributed by atoms with van der Waals surface area (Å²) in [4.78, 5) is 25.2. The zero-order chi connectivity index (χ0) is 14.1. The van der Waals surface area contributed by atoms with Crippen molar-refractivity contribution in [2.45, 2.75) is 38.1 Å². The van der Waals surface area contributed by atoms with E-state index in [2.05, 4.69) is 4.57 Å². The third-order valence-corrected chi connectivity index (χ3v) is 4.21. The van der Waals surface area contributed by atoms with Gasteiger partial charge in [0.25, 0.3) is 5.91 Å². The van der Waals surface area contributed by atoms with Gasteiger partial charge in [-0.05, 0) is 43.7 Å². The van der Waals surface area contributed by atoms with Crippen molar-refractivity contribution in [2.24, 2.45) is 5.92 Å². The summed E-state index contributed by atoms with van der Waals surface area (Å²) < 4.78 is 2.07. The quantitative estimate of drug-likeness (QED) is 0.916. The molecule has 1 amide bonds. The summed E-state index contributed by atoms with van der Waals surface area (Å²) >= 11 is 0. The first kappa shape index (κ1) is 13.2. The van der Waals surface area contributed by atoms with Crippen molar-refractivity contribution in [3.8, 4) is 0 Å². The smallest absolute Gasteiger partial charge is 0.303 e. The van der Waals surface area contributed by atoms with E-state index in [1.165, 1.54) is 0 Å². The van der Waals surface area contributed by atoms with E-state index in [9.17, 15) is 9.59 Å². The van der Waals surface area contributed by atoms with Crippen molar-refractivity contribution in [2.75, 3.05) is 13.1 Å². The third kappa shape index (κ3) is 2.71. The Morgan fingerprint density at radius 1 is 1.30 bits per heavy atom. The van der Waals surface area contributed by atoms with Gasteiger partial charge in [-0.2, -0.15) is 0 Å². The molecule has 1 saturated heterocycles. The highest BCUT2D eigenvalue weighted by atomic mass is 16.4. The van der Waals surface area contributed by atoms with Gasteiger partial charge in [0.15, 0.2) is 0 Å². The molecule has 1 aliphatic heterocycles. The fourth-order valence-electron chi connectivity index (χ4n) is 3.07. The average Bonchev–Trinajstić information content (AvgIpc) is 3.15. The standard InChI is InChI=1S/C15H20N2O3/c18-14(19)9-11-3-1-7-16(10-11)15(20)13-4-2-8-17(13)12-5-6-12/h2,4,8,11-12H,1,3,5-7,9-10H2,(H,18,19). The maximum absolute atomic E-state index is 12.6. The molecular formula is C15H20N2O3. The van der Waals surface area contributed by atoms with Gasteiger partial charge >= 0.3 is 5.97 Å². The Labute approximate surface area is 118 Å². The summed E-state index contributed by atoms with van der Waals surface area (Å²) in [6.45, 7) is 1.31. The van der Waals surface area contributed by atoms with Crippen LogP contribution in [0.25, 0.3) is 0 Å². The van der Waals surface area contributed by atoms with Crippen LogP contribution in [0.1, 0.15) is 48.6 Å². The molecule has 0 radical (unpaired) electrons. The molecule has 0 aromatic carbocycles. The van der Waals surface area contributed by atoms with Crippen LogP contribution in [0.5, 0.6) is 0 Å². The molecular weight excluding hydrogens is 256 g/mol. The second-order valence-electron chi connectivity index (χ2n) is 5.89. The predicted molar refractivity (Wildman–Crippen MR) is 73.6 cm³/mol. The Balaban J connectivity index is 1.69. The van der Waals surface area contributed by atoms with Gasteiger partial charge in [0, 0.05) is 31.7 Å². The van der Waals surface area contributed by atoms with E-state index >= 15 is 0 Å². The first-order valence-electron chi connectivity index (χ1n) is 7.33. The first-order valence-corrected chi connectivity index (χ1v) is 7.33. The molecule has 5 nitrogen and oxygen atoms in total. The van der Waals surface area contributed by atoms with E-state index in [0.717, 1.165) is 37.9 Å². The van der Waals surface area contributed by atoms with Crippen LogP contribution in [-0.4, -0.2) is 39.5 Å². The normalized spacial score (nSPS) is 22.8. The van der Waals surface area contributed by atoms with Crippen LogP contribution < -0.4 is 0 Å². The molecule has 2 aliphatic rings. The highest BCUT2D eigenvalue weighted by Crippen LogP contribution is 2.36. The summed E-state index contributed by atoms with van der Waals surface area (Å²) in [7, 11) is 0. The number of piperidine rings is 1. The van der Waals surface area contributed by atoms with Crippen molar-refractivity contribution in [3.05, 3.63) is 24.0 Å². The van der Waals surface area contributed by atoms with Gasteiger partial charge in [-0.3, -0.25) is 9.59 Å².